The first-order valence-corrected chi connectivity index (χ1v) is 6.39. The molecule has 5 heteroatoms. The van der Waals surface area contributed by atoms with Crippen molar-refractivity contribution in [2.75, 3.05) is 0 Å². The smallest absolute Gasteiger partial charge is 0.328 e. The maximum absolute atomic E-state index is 14.0. The standard InChI is InChI=1S/C15H9Cl2FO2/c16-12-5-3-10(8-13(12)17)11-4-1-9(7-14(11)18)2-6-15(19)20/h1-8H,(H,19,20)/b6-2+. The molecule has 2 aromatic rings. The first-order valence-electron chi connectivity index (χ1n) is 5.63. The maximum Gasteiger partial charge on any atom is 0.328 e. The highest BCUT2D eigenvalue weighted by Gasteiger charge is 2.07. The van der Waals surface area contributed by atoms with Gasteiger partial charge in [-0.15, -0.1) is 0 Å². The van der Waals surface area contributed by atoms with E-state index < -0.39 is 11.8 Å². The number of carboxylic acids is 1. The molecule has 0 atom stereocenters. The van der Waals surface area contributed by atoms with E-state index in [9.17, 15) is 9.18 Å². The average Bonchev–Trinajstić information content (AvgIpc) is 2.40. The predicted molar refractivity (Wildman–Crippen MR) is 78.5 cm³/mol. The zero-order valence-corrected chi connectivity index (χ0v) is 11.6. The number of carboxylic acid groups (broad SMARTS) is 1. The van der Waals surface area contributed by atoms with E-state index >= 15 is 0 Å². The fraction of sp³-hybridized carbons (Fsp3) is 0. The number of halogens is 3. The predicted octanol–water partition coefficient (Wildman–Crippen LogP) is 4.90. The second kappa shape index (κ2) is 6.07. The highest BCUT2D eigenvalue weighted by atomic mass is 35.5. The van der Waals surface area contributed by atoms with Gasteiger partial charge >= 0.3 is 5.97 Å². The minimum absolute atomic E-state index is 0.346. The Kier molecular flexibility index (Phi) is 4.42. The summed E-state index contributed by atoms with van der Waals surface area (Å²) in [5.74, 6) is -1.55. The summed E-state index contributed by atoms with van der Waals surface area (Å²) in [4.78, 5) is 10.4. The van der Waals surface area contributed by atoms with E-state index in [0.717, 1.165) is 6.08 Å². The molecule has 0 aliphatic heterocycles. The lowest BCUT2D eigenvalue weighted by atomic mass is 10.0. The molecule has 2 nitrogen and oxygen atoms in total. The van der Waals surface area contributed by atoms with Gasteiger partial charge in [0.15, 0.2) is 0 Å². The van der Waals surface area contributed by atoms with Crippen LogP contribution in [0.1, 0.15) is 5.56 Å². The number of rotatable bonds is 3. The first kappa shape index (κ1) is 14.6. The van der Waals surface area contributed by atoms with Crippen molar-refractivity contribution in [2.45, 2.75) is 0 Å². The third kappa shape index (κ3) is 3.38. The number of hydrogen-bond acceptors (Lipinski definition) is 1. The van der Waals surface area contributed by atoms with Gasteiger partial charge in [0, 0.05) is 11.6 Å². The summed E-state index contributed by atoms with van der Waals surface area (Å²) in [6, 6.07) is 9.29. The van der Waals surface area contributed by atoms with Crippen LogP contribution < -0.4 is 0 Å². The van der Waals surface area contributed by atoms with Crippen LogP contribution in [0, 0.1) is 5.82 Å². The van der Waals surface area contributed by atoms with Gasteiger partial charge in [-0.3, -0.25) is 0 Å². The van der Waals surface area contributed by atoms with Crippen LogP contribution in [0.15, 0.2) is 42.5 Å². The highest BCUT2D eigenvalue weighted by molar-refractivity contribution is 6.42. The first-order chi connectivity index (χ1) is 9.47. The van der Waals surface area contributed by atoms with Gasteiger partial charge in [-0.25, -0.2) is 9.18 Å². The molecule has 2 rings (SSSR count). The zero-order chi connectivity index (χ0) is 14.7. The molecule has 1 N–H and O–H groups in total. The number of carbonyl (C=O) groups is 1. The van der Waals surface area contributed by atoms with E-state index in [1.807, 2.05) is 0 Å². The molecule has 0 amide bonds. The van der Waals surface area contributed by atoms with E-state index in [1.165, 1.54) is 12.1 Å². The normalized spacial score (nSPS) is 10.9. The Labute approximate surface area is 125 Å². The van der Waals surface area contributed by atoms with Crippen LogP contribution in [0.25, 0.3) is 17.2 Å². The van der Waals surface area contributed by atoms with Gasteiger partial charge in [0.2, 0.25) is 0 Å². The van der Waals surface area contributed by atoms with Crippen molar-refractivity contribution in [1.82, 2.24) is 0 Å². The molecule has 0 aromatic heterocycles. The lowest BCUT2D eigenvalue weighted by molar-refractivity contribution is -0.131. The van der Waals surface area contributed by atoms with Gasteiger partial charge in [-0.05, 0) is 35.4 Å². The SMILES string of the molecule is O=C(O)/C=C/c1ccc(-c2ccc(Cl)c(Cl)c2)c(F)c1. The Morgan fingerprint density at radius 3 is 2.45 bits per heavy atom. The monoisotopic (exact) mass is 310 g/mol. The van der Waals surface area contributed by atoms with Crippen molar-refractivity contribution in [2.24, 2.45) is 0 Å². The van der Waals surface area contributed by atoms with Crippen molar-refractivity contribution in [3.05, 3.63) is 63.9 Å². The van der Waals surface area contributed by atoms with Gasteiger partial charge in [0.05, 0.1) is 10.0 Å². The molecule has 0 bridgehead atoms. The Balaban J connectivity index is 2.38. The van der Waals surface area contributed by atoms with Crippen LogP contribution in [-0.4, -0.2) is 11.1 Å². The van der Waals surface area contributed by atoms with Crippen LogP contribution in [0.3, 0.4) is 0 Å². The minimum Gasteiger partial charge on any atom is -0.478 e. The molecule has 0 aliphatic carbocycles. The third-order valence-corrected chi connectivity index (χ3v) is 3.38. The number of benzene rings is 2. The largest absolute Gasteiger partial charge is 0.478 e. The molecule has 102 valence electrons. The van der Waals surface area contributed by atoms with Crippen LogP contribution in [0.4, 0.5) is 4.39 Å². The second-order valence-corrected chi connectivity index (χ2v) is 4.85. The lowest BCUT2D eigenvalue weighted by Gasteiger charge is -2.06. The summed E-state index contributed by atoms with van der Waals surface area (Å²) in [6.07, 6.45) is 2.28. The van der Waals surface area contributed by atoms with E-state index in [1.54, 1.807) is 30.3 Å². The van der Waals surface area contributed by atoms with E-state index in [-0.39, 0.29) is 0 Å². The molecular formula is C15H9Cl2FO2. The summed E-state index contributed by atoms with van der Waals surface area (Å²) in [5.41, 5.74) is 1.44. The van der Waals surface area contributed by atoms with Crippen molar-refractivity contribution >= 4 is 35.2 Å². The average molecular weight is 311 g/mol. The number of hydrogen-bond donors (Lipinski definition) is 1. The van der Waals surface area contributed by atoms with Gasteiger partial charge in [-0.2, -0.15) is 0 Å². The second-order valence-electron chi connectivity index (χ2n) is 4.04. The maximum atomic E-state index is 14.0. The number of aliphatic carboxylic acids is 1. The fourth-order valence-corrected chi connectivity index (χ4v) is 2.00. The molecule has 0 saturated carbocycles. The summed E-state index contributed by atoms with van der Waals surface area (Å²) in [5, 5.41) is 9.27. The fourth-order valence-electron chi connectivity index (χ4n) is 1.70. The quantitative estimate of drug-likeness (QED) is 0.819. The molecule has 2 aromatic carbocycles. The van der Waals surface area contributed by atoms with Gasteiger partial charge in [-0.1, -0.05) is 41.4 Å². The minimum atomic E-state index is -1.08. The summed E-state index contributed by atoms with van der Waals surface area (Å²) in [7, 11) is 0. The Hall–Kier alpha value is -1.84. The van der Waals surface area contributed by atoms with Crippen molar-refractivity contribution in [1.29, 1.82) is 0 Å². The van der Waals surface area contributed by atoms with Crippen molar-refractivity contribution in [3.8, 4) is 11.1 Å². The Bertz CT molecular complexity index is 696. The summed E-state index contributed by atoms with van der Waals surface area (Å²) in [6.45, 7) is 0. The van der Waals surface area contributed by atoms with E-state index in [2.05, 4.69) is 0 Å². The molecule has 20 heavy (non-hydrogen) atoms. The summed E-state index contributed by atoms with van der Waals surface area (Å²) >= 11 is 11.7. The van der Waals surface area contributed by atoms with Gasteiger partial charge < -0.3 is 5.11 Å². The molecule has 0 fully saturated rings. The molecule has 0 radical (unpaired) electrons. The molecule has 0 spiro atoms. The van der Waals surface area contributed by atoms with E-state index in [4.69, 9.17) is 28.3 Å². The zero-order valence-electron chi connectivity index (χ0n) is 10.1. The van der Waals surface area contributed by atoms with Gasteiger partial charge in [0.1, 0.15) is 5.82 Å². The van der Waals surface area contributed by atoms with Crippen LogP contribution in [0.5, 0.6) is 0 Å². The molecule has 0 unspecified atom stereocenters. The van der Waals surface area contributed by atoms with Crippen LogP contribution >= 0.6 is 23.2 Å². The molecule has 0 aliphatic rings. The van der Waals surface area contributed by atoms with Crippen molar-refractivity contribution in [3.63, 3.8) is 0 Å². The molecule has 0 saturated heterocycles. The van der Waals surface area contributed by atoms with E-state index in [0.29, 0.717) is 26.7 Å². The van der Waals surface area contributed by atoms with Gasteiger partial charge in [0.25, 0.3) is 0 Å². The molecular weight excluding hydrogens is 302 g/mol. The Morgan fingerprint density at radius 1 is 1.10 bits per heavy atom. The lowest BCUT2D eigenvalue weighted by Crippen LogP contribution is -1.88. The topological polar surface area (TPSA) is 37.3 Å². The van der Waals surface area contributed by atoms with Crippen LogP contribution in [0.2, 0.25) is 10.0 Å². The Morgan fingerprint density at radius 2 is 1.85 bits per heavy atom. The molecule has 0 heterocycles. The van der Waals surface area contributed by atoms with Crippen LogP contribution in [-0.2, 0) is 4.79 Å². The summed E-state index contributed by atoms with van der Waals surface area (Å²) < 4.78 is 14.0. The highest BCUT2D eigenvalue weighted by Crippen LogP contribution is 2.30. The third-order valence-electron chi connectivity index (χ3n) is 2.64. The van der Waals surface area contributed by atoms with Crippen molar-refractivity contribution < 1.29 is 14.3 Å².